The zero-order chi connectivity index (χ0) is 13.7. The van der Waals surface area contributed by atoms with E-state index in [2.05, 4.69) is 36.7 Å². The molecule has 0 spiro atoms. The molecule has 0 aliphatic heterocycles. The van der Waals surface area contributed by atoms with Crippen LogP contribution in [-0.4, -0.2) is 4.57 Å². The van der Waals surface area contributed by atoms with Crippen LogP contribution in [0.15, 0.2) is 30.5 Å². The Labute approximate surface area is 115 Å². The number of unbranched alkanes of at least 4 members (excludes halogenated alkanes) is 1. The number of benzene rings is 1. The minimum Gasteiger partial charge on any atom is -0.347 e. The average Bonchev–Trinajstić information content (AvgIpc) is 2.85. The molecular weight excluding hydrogens is 232 g/mol. The van der Waals surface area contributed by atoms with E-state index in [-0.39, 0.29) is 0 Å². The van der Waals surface area contributed by atoms with Crippen LogP contribution in [0.1, 0.15) is 45.1 Å². The van der Waals surface area contributed by atoms with Crippen molar-refractivity contribution in [1.82, 2.24) is 4.57 Å². The van der Waals surface area contributed by atoms with E-state index in [0.717, 1.165) is 18.0 Å². The summed E-state index contributed by atoms with van der Waals surface area (Å²) in [5.41, 5.74) is 1.93. The van der Waals surface area contributed by atoms with Gasteiger partial charge in [-0.25, -0.2) is 0 Å². The van der Waals surface area contributed by atoms with E-state index in [0.29, 0.717) is 0 Å². The molecule has 1 heterocycles. The second-order valence-corrected chi connectivity index (χ2v) is 5.27. The molecule has 0 N–H and O–H groups in total. The van der Waals surface area contributed by atoms with Gasteiger partial charge in [-0.05, 0) is 35.9 Å². The lowest BCUT2D eigenvalue weighted by Gasteiger charge is -2.16. The van der Waals surface area contributed by atoms with Crippen LogP contribution in [0.4, 0.5) is 0 Å². The van der Waals surface area contributed by atoms with Crippen LogP contribution in [0, 0.1) is 17.2 Å². The third-order valence-corrected chi connectivity index (χ3v) is 3.90. The SMILES string of the molecule is CCCCC(CC)Cn1ccc2ccc(C#N)cc21. The predicted octanol–water partition coefficient (Wildman–Crippen LogP) is 4.73. The summed E-state index contributed by atoms with van der Waals surface area (Å²) in [6, 6.07) is 10.3. The number of fused-ring (bicyclic) bond motifs is 1. The van der Waals surface area contributed by atoms with Crippen molar-refractivity contribution in [2.24, 2.45) is 5.92 Å². The van der Waals surface area contributed by atoms with Gasteiger partial charge in [0.1, 0.15) is 0 Å². The Morgan fingerprint density at radius 3 is 2.79 bits per heavy atom. The van der Waals surface area contributed by atoms with Crippen LogP contribution < -0.4 is 0 Å². The van der Waals surface area contributed by atoms with Gasteiger partial charge in [0.2, 0.25) is 0 Å². The monoisotopic (exact) mass is 254 g/mol. The topological polar surface area (TPSA) is 28.7 Å². The molecule has 0 saturated carbocycles. The Hall–Kier alpha value is -1.75. The van der Waals surface area contributed by atoms with Crippen LogP contribution in [0.25, 0.3) is 10.9 Å². The highest BCUT2D eigenvalue weighted by atomic mass is 15.0. The molecule has 19 heavy (non-hydrogen) atoms. The fourth-order valence-electron chi connectivity index (χ4n) is 2.61. The van der Waals surface area contributed by atoms with Crippen molar-refractivity contribution < 1.29 is 0 Å². The van der Waals surface area contributed by atoms with Gasteiger partial charge in [-0.1, -0.05) is 39.2 Å². The summed E-state index contributed by atoms with van der Waals surface area (Å²) in [5, 5.41) is 10.2. The third-order valence-electron chi connectivity index (χ3n) is 3.90. The van der Waals surface area contributed by atoms with E-state index < -0.39 is 0 Å². The number of rotatable bonds is 6. The maximum Gasteiger partial charge on any atom is 0.0992 e. The number of hydrogen-bond acceptors (Lipinski definition) is 1. The van der Waals surface area contributed by atoms with E-state index in [9.17, 15) is 0 Å². The quantitative estimate of drug-likeness (QED) is 0.732. The summed E-state index contributed by atoms with van der Waals surface area (Å²) >= 11 is 0. The smallest absolute Gasteiger partial charge is 0.0992 e. The van der Waals surface area contributed by atoms with E-state index >= 15 is 0 Å². The van der Waals surface area contributed by atoms with Crippen LogP contribution in [0.3, 0.4) is 0 Å². The van der Waals surface area contributed by atoms with Crippen molar-refractivity contribution in [3.05, 3.63) is 36.0 Å². The van der Waals surface area contributed by atoms with Gasteiger partial charge < -0.3 is 4.57 Å². The van der Waals surface area contributed by atoms with Crippen LogP contribution in [-0.2, 0) is 6.54 Å². The minimum atomic E-state index is 0.737. The van der Waals surface area contributed by atoms with Crippen LogP contribution in [0.5, 0.6) is 0 Å². The normalized spacial score (nSPS) is 12.5. The summed E-state index contributed by atoms with van der Waals surface area (Å²) in [5.74, 6) is 0.737. The largest absolute Gasteiger partial charge is 0.347 e. The Bertz CT molecular complexity index is 574. The molecule has 2 rings (SSSR count). The second-order valence-electron chi connectivity index (χ2n) is 5.27. The van der Waals surface area contributed by atoms with E-state index in [1.165, 1.54) is 36.6 Å². The van der Waals surface area contributed by atoms with Gasteiger partial charge in [0, 0.05) is 18.3 Å². The van der Waals surface area contributed by atoms with Crippen LogP contribution in [0.2, 0.25) is 0 Å². The minimum absolute atomic E-state index is 0.737. The average molecular weight is 254 g/mol. The Kier molecular flexibility index (Phi) is 4.63. The molecule has 2 aromatic rings. The van der Waals surface area contributed by atoms with E-state index in [4.69, 9.17) is 5.26 Å². The number of aromatic nitrogens is 1. The highest BCUT2D eigenvalue weighted by Gasteiger charge is 2.09. The van der Waals surface area contributed by atoms with Gasteiger partial charge in [0.25, 0.3) is 0 Å². The molecule has 0 radical (unpaired) electrons. The second kappa shape index (κ2) is 6.43. The maximum absolute atomic E-state index is 9.01. The number of nitrogens with zero attached hydrogens (tertiary/aromatic N) is 2. The lowest BCUT2D eigenvalue weighted by molar-refractivity contribution is 0.396. The summed E-state index contributed by atoms with van der Waals surface area (Å²) < 4.78 is 2.31. The molecule has 2 nitrogen and oxygen atoms in total. The molecule has 100 valence electrons. The van der Waals surface area contributed by atoms with E-state index in [1.54, 1.807) is 0 Å². The zero-order valence-corrected chi connectivity index (χ0v) is 11.9. The standard InChI is InChI=1S/C17H22N2/c1-3-5-6-14(4-2)13-19-10-9-16-8-7-15(12-18)11-17(16)19/h7-11,14H,3-6,13H2,1-2H3. The van der Waals surface area contributed by atoms with Crippen molar-refractivity contribution in [2.45, 2.75) is 46.1 Å². The molecule has 1 unspecified atom stereocenters. The zero-order valence-electron chi connectivity index (χ0n) is 11.9. The highest BCUT2D eigenvalue weighted by molar-refractivity contribution is 5.81. The molecule has 0 bridgehead atoms. The molecule has 0 aliphatic carbocycles. The summed E-state index contributed by atoms with van der Waals surface area (Å²) in [7, 11) is 0. The molecule has 0 amide bonds. The predicted molar refractivity (Wildman–Crippen MR) is 80.0 cm³/mol. The number of hydrogen-bond donors (Lipinski definition) is 0. The number of nitriles is 1. The molecule has 2 heteroatoms. The summed E-state index contributed by atoms with van der Waals surface area (Å²) in [6.45, 7) is 5.58. The van der Waals surface area contributed by atoms with Gasteiger partial charge >= 0.3 is 0 Å². The lowest BCUT2D eigenvalue weighted by Crippen LogP contribution is -2.09. The molecule has 0 aliphatic rings. The van der Waals surface area contributed by atoms with Crippen molar-refractivity contribution in [3.8, 4) is 6.07 Å². The molecular formula is C17H22N2. The van der Waals surface area contributed by atoms with Crippen molar-refractivity contribution in [2.75, 3.05) is 0 Å². The molecule has 0 saturated heterocycles. The molecule has 1 aromatic carbocycles. The summed E-state index contributed by atoms with van der Waals surface area (Å²) in [6.07, 6.45) is 7.24. The van der Waals surface area contributed by atoms with Gasteiger partial charge in [-0.3, -0.25) is 0 Å². The van der Waals surface area contributed by atoms with Gasteiger partial charge in [0.05, 0.1) is 11.6 Å². The molecule has 0 fully saturated rings. The first-order valence-electron chi connectivity index (χ1n) is 7.27. The van der Waals surface area contributed by atoms with Crippen molar-refractivity contribution in [1.29, 1.82) is 5.26 Å². The first-order valence-corrected chi connectivity index (χ1v) is 7.27. The van der Waals surface area contributed by atoms with Gasteiger partial charge in [0.15, 0.2) is 0 Å². The van der Waals surface area contributed by atoms with Gasteiger partial charge in [-0.15, -0.1) is 0 Å². The Balaban J connectivity index is 2.22. The first kappa shape index (κ1) is 13.7. The highest BCUT2D eigenvalue weighted by Crippen LogP contribution is 2.21. The van der Waals surface area contributed by atoms with Crippen LogP contribution >= 0.6 is 0 Å². The Morgan fingerprint density at radius 2 is 2.11 bits per heavy atom. The van der Waals surface area contributed by atoms with Gasteiger partial charge in [-0.2, -0.15) is 5.26 Å². The fourth-order valence-corrected chi connectivity index (χ4v) is 2.61. The van der Waals surface area contributed by atoms with Crippen molar-refractivity contribution >= 4 is 10.9 Å². The first-order chi connectivity index (χ1) is 9.28. The molecule has 1 aromatic heterocycles. The van der Waals surface area contributed by atoms with E-state index in [1.807, 2.05) is 18.2 Å². The third kappa shape index (κ3) is 3.17. The summed E-state index contributed by atoms with van der Waals surface area (Å²) in [4.78, 5) is 0. The molecule has 1 atom stereocenters. The maximum atomic E-state index is 9.01. The Morgan fingerprint density at radius 1 is 1.26 bits per heavy atom. The fraction of sp³-hybridized carbons (Fsp3) is 0.471. The van der Waals surface area contributed by atoms with Crippen molar-refractivity contribution in [3.63, 3.8) is 0 Å². The lowest BCUT2D eigenvalue weighted by atomic mass is 9.99.